The van der Waals surface area contributed by atoms with Gasteiger partial charge in [0.05, 0.1) is 11.0 Å². The monoisotopic (exact) mass is 294 g/mol. The maximum Gasteiger partial charge on any atom is 0.138 e. The molecule has 1 aromatic carbocycles. The molecule has 0 spiro atoms. The third-order valence-electron chi connectivity index (χ3n) is 2.67. The summed E-state index contributed by atoms with van der Waals surface area (Å²) in [6.07, 6.45) is 1.71. The van der Waals surface area contributed by atoms with E-state index in [9.17, 15) is 0 Å². The van der Waals surface area contributed by atoms with Crippen LogP contribution in [-0.2, 0) is 0 Å². The first kappa shape index (κ1) is 10.1. The molecule has 3 aromatic rings. The van der Waals surface area contributed by atoms with E-state index in [-0.39, 0.29) is 0 Å². The summed E-state index contributed by atoms with van der Waals surface area (Å²) < 4.78 is 1.05. The molecule has 0 saturated carbocycles. The largest absolute Gasteiger partial charge is 0.353 e. The van der Waals surface area contributed by atoms with Gasteiger partial charge in [-0.15, -0.1) is 0 Å². The Morgan fingerprint density at radius 3 is 3.00 bits per heavy atom. The van der Waals surface area contributed by atoms with Gasteiger partial charge in [0.2, 0.25) is 0 Å². The molecule has 0 fully saturated rings. The number of hydrogen-bond donors (Lipinski definition) is 1. The second-order valence-corrected chi connectivity index (χ2v) is 5.03. The molecule has 0 radical (unpaired) electrons. The predicted molar refractivity (Wildman–Crippen MR) is 71.0 cm³/mol. The number of hydrogen-bond acceptors (Lipinski definition) is 1. The van der Waals surface area contributed by atoms with Crippen molar-refractivity contribution >= 4 is 49.3 Å². The highest BCUT2D eigenvalue weighted by molar-refractivity contribution is 9.10. The first-order valence-corrected chi connectivity index (χ1v) is 6.06. The molecule has 16 heavy (non-hydrogen) atoms. The number of H-pyrrole nitrogens is 1. The zero-order chi connectivity index (χ0) is 11.3. The third-order valence-corrected chi connectivity index (χ3v) is 3.58. The SMILES string of the molecule is Cc1cc(Br)c2[nH]c3ccnc(Cl)c3c2c1. The van der Waals surface area contributed by atoms with E-state index in [1.54, 1.807) is 6.20 Å². The van der Waals surface area contributed by atoms with Crippen molar-refractivity contribution in [3.63, 3.8) is 0 Å². The molecule has 0 aliphatic rings. The van der Waals surface area contributed by atoms with Crippen LogP contribution in [0.25, 0.3) is 21.8 Å². The van der Waals surface area contributed by atoms with Crippen molar-refractivity contribution in [1.82, 2.24) is 9.97 Å². The molecule has 3 rings (SSSR count). The van der Waals surface area contributed by atoms with Crippen molar-refractivity contribution in [3.05, 3.63) is 39.6 Å². The van der Waals surface area contributed by atoms with Crippen LogP contribution in [0, 0.1) is 6.92 Å². The van der Waals surface area contributed by atoms with Crippen molar-refractivity contribution in [3.8, 4) is 0 Å². The number of nitrogens with one attached hydrogen (secondary N) is 1. The van der Waals surface area contributed by atoms with Gasteiger partial charge in [0.15, 0.2) is 0 Å². The van der Waals surface area contributed by atoms with Gasteiger partial charge in [-0.2, -0.15) is 0 Å². The summed E-state index contributed by atoms with van der Waals surface area (Å²) >= 11 is 9.69. The van der Waals surface area contributed by atoms with Gasteiger partial charge in [-0.25, -0.2) is 4.98 Å². The van der Waals surface area contributed by atoms with E-state index in [4.69, 9.17) is 11.6 Å². The molecule has 2 nitrogen and oxygen atoms in total. The minimum Gasteiger partial charge on any atom is -0.353 e. The Bertz CT molecular complexity index is 703. The van der Waals surface area contributed by atoms with Crippen molar-refractivity contribution in [1.29, 1.82) is 0 Å². The number of aryl methyl sites for hydroxylation is 1. The van der Waals surface area contributed by atoms with Gasteiger partial charge in [-0.3, -0.25) is 0 Å². The maximum atomic E-state index is 6.14. The smallest absolute Gasteiger partial charge is 0.138 e. The Morgan fingerprint density at radius 2 is 2.19 bits per heavy atom. The summed E-state index contributed by atoms with van der Waals surface area (Å²) in [4.78, 5) is 7.46. The van der Waals surface area contributed by atoms with E-state index in [1.807, 2.05) is 6.07 Å². The summed E-state index contributed by atoms with van der Waals surface area (Å²) in [6.45, 7) is 2.06. The van der Waals surface area contributed by atoms with Crippen molar-refractivity contribution in [2.75, 3.05) is 0 Å². The first-order valence-electron chi connectivity index (χ1n) is 4.89. The van der Waals surface area contributed by atoms with Gasteiger partial charge in [0.1, 0.15) is 5.15 Å². The van der Waals surface area contributed by atoms with Crippen LogP contribution in [0.4, 0.5) is 0 Å². The van der Waals surface area contributed by atoms with Gasteiger partial charge in [-0.05, 0) is 46.6 Å². The molecule has 4 heteroatoms. The fourth-order valence-electron chi connectivity index (χ4n) is 2.00. The molecule has 2 heterocycles. The summed E-state index contributed by atoms with van der Waals surface area (Å²) in [6, 6.07) is 6.13. The highest BCUT2D eigenvalue weighted by Crippen LogP contribution is 2.34. The molecular weight excluding hydrogens is 288 g/mol. The zero-order valence-corrected chi connectivity index (χ0v) is 10.9. The Hall–Kier alpha value is -1.06. The number of benzene rings is 1. The standard InChI is InChI=1S/C12H8BrClN2/c1-6-4-7-10-9(2-3-15-12(10)14)16-11(7)8(13)5-6/h2-5,16H,1H3. The molecule has 1 N–H and O–H groups in total. The molecule has 0 aliphatic heterocycles. The van der Waals surface area contributed by atoms with Crippen LogP contribution < -0.4 is 0 Å². The molecule has 0 aliphatic carbocycles. The van der Waals surface area contributed by atoms with E-state index >= 15 is 0 Å². The number of pyridine rings is 1. The van der Waals surface area contributed by atoms with E-state index in [0.29, 0.717) is 5.15 Å². The summed E-state index contributed by atoms with van der Waals surface area (Å²) in [5.41, 5.74) is 3.27. The lowest BCUT2D eigenvalue weighted by atomic mass is 10.1. The quantitative estimate of drug-likeness (QED) is 0.610. The molecule has 0 unspecified atom stereocenters. The van der Waals surface area contributed by atoms with Gasteiger partial charge in [0.25, 0.3) is 0 Å². The molecule has 2 aromatic heterocycles. The number of aromatic amines is 1. The lowest BCUT2D eigenvalue weighted by Gasteiger charge is -1.98. The first-order chi connectivity index (χ1) is 7.66. The molecule has 80 valence electrons. The third kappa shape index (κ3) is 1.35. The fraction of sp³-hybridized carbons (Fsp3) is 0.0833. The van der Waals surface area contributed by atoms with Crippen LogP contribution >= 0.6 is 27.5 Å². The number of halogens is 2. The fourth-order valence-corrected chi connectivity index (χ4v) is 2.93. The minimum absolute atomic E-state index is 0.543. The Morgan fingerprint density at radius 1 is 1.38 bits per heavy atom. The van der Waals surface area contributed by atoms with E-state index < -0.39 is 0 Å². The van der Waals surface area contributed by atoms with Crippen molar-refractivity contribution in [2.45, 2.75) is 6.92 Å². The van der Waals surface area contributed by atoms with Gasteiger partial charge >= 0.3 is 0 Å². The molecule has 0 amide bonds. The van der Waals surface area contributed by atoms with Crippen molar-refractivity contribution in [2.24, 2.45) is 0 Å². The second kappa shape index (κ2) is 3.47. The molecule has 0 bridgehead atoms. The Labute approximate surface area is 106 Å². The van der Waals surface area contributed by atoms with Crippen LogP contribution in [0.5, 0.6) is 0 Å². The van der Waals surface area contributed by atoms with Crippen LogP contribution in [0.2, 0.25) is 5.15 Å². The summed E-state index contributed by atoms with van der Waals surface area (Å²) in [5, 5.41) is 2.64. The topological polar surface area (TPSA) is 28.7 Å². The molecular formula is C12H8BrClN2. The predicted octanol–water partition coefficient (Wildman–Crippen LogP) is 4.44. The number of fused-ring (bicyclic) bond motifs is 3. The summed E-state index contributed by atoms with van der Waals surface area (Å²) in [5.74, 6) is 0. The van der Waals surface area contributed by atoms with Crippen molar-refractivity contribution < 1.29 is 0 Å². The highest BCUT2D eigenvalue weighted by Gasteiger charge is 2.10. The van der Waals surface area contributed by atoms with Crippen LogP contribution in [-0.4, -0.2) is 9.97 Å². The average Bonchev–Trinajstić information content (AvgIpc) is 2.58. The van der Waals surface area contributed by atoms with Crippen LogP contribution in [0.3, 0.4) is 0 Å². The lowest BCUT2D eigenvalue weighted by Crippen LogP contribution is -1.76. The van der Waals surface area contributed by atoms with E-state index in [0.717, 1.165) is 26.3 Å². The van der Waals surface area contributed by atoms with Crippen LogP contribution in [0.15, 0.2) is 28.9 Å². The number of nitrogens with zero attached hydrogens (tertiary/aromatic N) is 1. The molecule has 0 atom stereocenters. The molecule has 0 saturated heterocycles. The number of aromatic nitrogens is 2. The van der Waals surface area contributed by atoms with Gasteiger partial charge in [-0.1, -0.05) is 11.6 Å². The lowest BCUT2D eigenvalue weighted by molar-refractivity contribution is 1.36. The normalized spacial score (nSPS) is 11.4. The second-order valence-electron chi connectivity index (χ2n) is 3.82. The zero-order valence-electron chi connectivity index (χ0n) is 8.51. The van der Waals surface area contributed by atoms with Gasteiger partial charge in [0, 0.05) is 21.4 Å². The Balaban J connectivity index is 2.63. The number of rotatable bonds is 0. The maximum absolute atomic E-state index is 6.14. The van der Waals surface area contributed by atoms with Crippen LogP contribution in [0.1, 0.15) is 5.56 Å². The summed E-state index contributed by atoms with van der Waals surface area (Å²) in [7, 11) is 0. The van der Waals surface area contributed by atoms with Gasteiger partial charge < -0.3 is 4.98 Å². The highest BCUT2D eigenvalue weighted by atomic mass is 79.9. The van der Waals surface area contributed by atoms with E-state index in [1.165, 1.54) is 5.56 Å². The van der Waals surface area contributed by atoms with E-state index in [2.05, 4.69) is 45.0 Å². The minimum atomic E-state index is 0.543. The average molecular weight is 296 g/mol. The Kier molecular flexibility index (Phi) is 2.19.